The van der Waals surface area contributed by atoms with Crippen LogP contribution in [0.25, 0.3) is 0 Å². The van der Waals surface area contributed by atoms with Crippen LogP contribution < -0.4 is 15.2 Å². The van der Waals surface area contributed by atoms with Gasteiger partial charge in [-0.05, 0) is 36.4 Å². The minimum absolute atomic E-state index is 0.187. The zero-order valence-electron chi connectivity index (χ0n) is 11.5. The minimum Gasteiger partial charge on any atom is -0.497 e. The molecule has 0 amide bonds. The first-order valence-corrected chi connectivity index (χ1v) is 6.63. The molecule has 0 aromatic heterocycles. The SMILES string of the molecule is COc1ccc2c(c1)[C@H](N)CC(c1cc(F)ccc1F)O2. The summed E-state index contributed by atoms with van der Waals surface area (Å²) in [4.78, 5) is 0. The van der Waals surface area contributed by atoms with E-state index in [1.807, 2.05) is 0 Å². The van der Waals surface area contributed by atoms with E-state index >= 15 is 0 Å². The standard InChI is InChI=1S/C16H15F2NO2/c1-20-10-3-5-15-12(7-10)14(19)8-16(21-15)11-6-9(17)2-4-13(11)18/h2-7,14,16H,8,19H2,1H3/t14-,16?/m1/s1. The van der Waals surface area contributed by atoms with Crippen molar-refractivity contribution in [3.05, 3.63) is 59.2 Å². The molecule has 21 heavy (non-hydrogen) atoms. The van der Waals surface area contributed by atoms with Crippen LogP contribution in [-0.4, -0.2) is 7.11 Å². The van der Waals surface area contributed by atoms with Crippen LogP contribution >= 0.6 is 0 Å². The maximum absolute atomic E-state index is 13.9. The summed E-state index contributed by atoms with van der Waals surface area (Å²) < 4.78 is 38.1. The average molecular weight is 291 g/mol. The number of nitrogens with two attached hydrogens (primary N) is 1. The molecule has 3 rings (SSSR count). The zero-order chi connectivity index (χ0) is 15.0. The summed E-state index contributed by atoms with van der Waals surface area (Å²) in [5.74, 6) is 0.265. The van der Waals surface area contributed by atoms with Crippen molar-refractivity contribution in [1.29, 1.82) is 0 Å². The number of hydrogen-bond donors (Lipinski definition) is 1. The fourth-order valence-electron chi connectivity index (χ4n) is 2.56. The monoisotopic (exact) mass is 291 g/mol. The van der Waals surface area contributed by atoms with Gasteiger partial charge in [0.1, 0.15) is 29.2 Å². The predicted molar refractivity (Wildman–Crippen MR) is 74.3 cm³/mol. The number of rotatable bonds is 2. The lowest BCUT2D eigenvalue weighted by molar-refractivity contribution is 0.156. The van der Waals surface area contributed by atoms with Gasteiger partial charge in [0.25, 0.3) is 0 Å². The Morgan fingerprint density at radius 2 is 1.95 bits per heavy atom. The Morgan fingerprint density at radius 1 is 1.14 bits per heavy atom. The lowest BCUT2D eigenvalue weighted by Gasteiger charge is -2.31. The number of halogens is 2. The molecular formula is C16H15F2NO2. The molecule has 2 N–H and O–H groups in total. The van der Waals surface area contributed by atoms with Crippen LogP contribution in [0.4, 0.5) is 8.78 Å². The Balaban J connectivity index is 1.96. The van der Waals surface area contributed by atoms with Gasteiger partial charge in [-0.25, -0.2) is 8.78 Å². The third-order valence-corrected chi connectivity index (χ3v) is 3.66. The van der Waals surface area contributed by atoms with Crippen LogP contribution in [0, 0.1) is 11.6 Å². The maximum atomic E-state index is 13.9. The summed E-state index contributed by atoms with van der Waals surface area (Å²) in [6.45, 7) is 0. The zero-order valence-corrected chi connectivity index (χ0v) is 11.5. The van der Waals surface area contributed by atoms with Gasteiger partial charge in [0.05, 0.1) is 7.11 Å². The van der Waals surface area contributed by atoms with Crippen molar-refractivity contribution in [2.45, 2.75) is 18.6 Å². The molecule has 1 aliphatic rings. The van der Waals surface area contributed by atoms with Crippen LogP contribution in [0.3, 0.4) is 0 Å². The van der Waals surface area contributed by atoms with Gasteiger partial charge in [-0.3, -0.25) is 0 Å². The number of ether oxygens (including phenoxy) is 2. The molecule has 2 atom stereocenters. The van der Waals surface area contributed by atoms with Crippen molar-refractivity contribution in [2.75, 3.05) is 7.11 Å². The van der Waals surface area contributed by atoms with Gasteiger partial charge < -0.3 is 15.2 Å². The number of fused-ring (bicyclic) bond motifs is 1. The molecule has 0 fully saturated rings. The highest BCUT2D eigenvalue weighted by atomic mass is 19.1. The van der Waals surface area contributed by atoms with Crippen LogP contribution in [0.15, 0.2) is 36.4 Å². The molecule has 0 spiro atoms. The van der Waals surface area contributed by atoms with Gasteiger partial charge in [-0.2, -0.15) is 0 Å². The van der Waals surface area contributed by atoms with Gasteiger partial charge in [0.2, 0.25) is 0 Å². The summed E-state index contributed by atoms with van der Waals surface area (Å²) in [5.41, 5.74) is 7.13. The molecule has 2 aromatic rings. The lowest BCUT2D eigenvalue weighted by Crippen LogP contribution is -2.24. The van der Waals surface area contributed by atoms with Gasteiger partial charge in [-0.1, -0.05) is 0 Å². The van der Waals surface area contributed by atoms with Gasteiger partial charge >= 0.3 is 0 Å². The Morgan fingerprint density at radius 3 is 2.71 bits per heavy atom. The van der Waals surface area contributed by atoms with E-state index in [-0.39, 0.29) is 11.6 Å². The van der Waals surface area contributed by atoms with Gasteiger partial charge in [-0.15, -0.1) is 0 Å². The van der Waals surface area contributed by atoms with E-state index in [0.29, 0.717) is 17.9 Å². The van der Waals surface area contributed by atoms with Gasteiger partial charge in [0, 0.05) is 23.6 Å². The number of methoxy groups -OCH3 is 1. The molecule has 0 saturated heterocycles. The second-order valence-electron chi connectivity index (χ2n) is 5.02. The van der Waals surface area contributed by atoms with E-state index in [9.17, 15) is 8.78 Å². The fourth-order valence-corrected chi connectivity index (χ4v) is 2.56. The van der Waals surface area contributed by atoms with E-state index in [1.165, 1.54) is 0 Å². The Labute approximate surface area is 121 Å². The third-order valence-electron chi connectivity index (χ3n) is 3.66. The molecule has 0 bridgehead atoms. The van der Waals surface area contributed by atoms with Crippen molar-refractivity contribution in [1.82, 2.24) is 0 Å². The largest absolute Gasteiger partial charge is 0.497 e. The van der Waals surface area contributed by atoms with Crippen molar-refractivity contribution in [2.24, 2.45) is 5.73 Å². The highest BCUT2D eigenvalue weighted by Gasteiger charge is 2.29. The van der Waals surface area contributed by atoms with Crippen molar-refractivity contribution >= 4 is 0 Å². The topological polar surface area (TPSA) is 44.5 Å². The molecule has 0 radical (unpaired) electrons. The highest BCUT2D eigenvalue weighted by molar-refractivity contribution is 5.44. The molecule has 0 saturated carbocycles. The summed E-state index contributed by atoms with van der Waals surface area (Å²) >= 11 is 0. The second-order valence-corrected chi connectivity index (χ2v) is 5.02. The highest BCUT2D eigenvalue weighted by Crippen LogP contribution is 2.41. The lowest BCUT2D eigenvalue weighted by atomic mass is 9.93. The molecule has 5 heteroatoms. The third kappa shape index (κ3) is 2.56. The Kier molecular flexibility index (Phi) is 3.51. The first-order chi connectivity index (χ1) is 10.1. The fraction of sp³-hybridized carbons (Fsp3) is 0.250. The molecule has 3 nitrogen and oxygen atoms in total. The summed E-state index contributed by atoms with van der Waals surface area (Å²) in [5, 5.41) is 0. The predicted octanol–water partition coefficient (Wildman–Crippen LogP) is 3.50. The van der Waals surface area contributed by atoms with Crippen LogP contribution in [0.5, 0.6) is 11.5 Å². The summed E-state index contributed by atoms with van der Waals surface area (Å²) in [6, 6.07) is 8.30. The van der Waals surface area contributed by atoms with Crippen LogP contribution in [0.1, 0.15) is 29.7 Å². The molecular weight excluding hydrogens is 276 g/mol. The van der Waals surface area contributed by atoms with E-state index in [4.69, 9.17) is 15.2 Å². The normalized spacial score (nSPS) is 20.6. The number of hydrogen-bond acceptors (Lipinski definition) is 3. The van der Waals surface area contributed by atoms with E-state index in [2.05, 4.69) is 0 Å². The molecule has 2 aromatic carbocycles. The molecule has 0 aliphatic carbocycles. The Hall–Kier alpha value is -2.14. The second kappa shape index (κ2) is 5.33. The summed E-state index contributed by atoms with van der Waals surface area (Å²) in [6.07, 6.45) is -0.225. The first kappa shape index (κ1) is 13.8. The van der Waals surface area contributed by atoms with E-state index < -0.39 is 17.7 Å². The Bertz CT molecular complexity index is 675. The average Bonchev–Trinajstić information content (AvgIpc) is 2.49. The minimum atomic E-state index is -0.600. The molecule has 110 valence electrons. The van der Waals surface area contributed by atoms with E-state index in [0.717, 1.165) is 23.8 Å². The first-order valence-electron chi connectivity index (χ1n) is 6.63. The van der Waals surface area contributed by atoms with Crippen LogP contribution in [-0.2, 0) is 0 Å². The quantitative estimate of drug-likeness (QED) is 0.921. The van der Waals surface area contributed by atoms with Crippen molar-refractivity contribution < 1.29 is 18.3 Å². The van der Waals surface area contributed by atoms with E-state index in [1.54, 1.807) is 25.3 Å². The van der Waals surface area contributed by atoms with Crippen molar-refractivity contribution in [3.8, 4) is 11.5 Å². The molecule has 1 aliphatic heterocycles. The van der Waals surface area contributed by atoms with Crippen LogP contribution in [0.2, 0.25) is 0 Å². The summed E-state index contributed by atoms with van der Waals surface area (Å²) in [7, 11) is 1.57. The molecule has 1 unspecified atom stereocenters. The maximum Gasteiger partial charge on any atom is 0.130 e. The van der Waals surface area contributed by atoms with Crippen molar-refractivity contribution in [3.63, 3.8) is 0 Å². The smallest absolute Gasteiger partial charge is 0.130 e. The van der Waals surface area contributed by atoms with Gasteiger partial charge in [0.15, 0.2) is 0 Å². The number of benzene rings is 2. The molecule has 1 heterocycles.